The van der Waals surface area contributed by atoms with Gasteiger partial charge in [-0.1, -0.05) is 0 Å². The second-order valence-corrected chi connectivity index (χ2v) is 13.9. The molecule has 0 aromatic heterocycles. The average Bonchev–Trinajstić information content (AvgIpc) is 2.95. The summed E-state index contributed by atoms with van der Waals surface area (Å²) < 4.78 is 28.1. The molecular formula is C31H42AsN3O4S. The maximum absolute atomic E-state index is 13.4. The molecule has 0 aliphatic rings. The molecule has 40 heavy (non-hydrogen) atoms. The van der Waals surface area contributed by atoms with Crippen LogP contribution in [0.15, 0.2) is 89.8 Å². The summed E-state index contributed by atoms with van der Waals surface area (Å²) in [5.74, 6) is 0.0514. The van der Waals surface area contributed by atoms with Crippen molar-refractivity contribution in [3.63, 3.8) is 0 Å². The zero-order valence-electron chi connectivity index (χ0n) is 23.3. The molecular weight excluding hydrogens is 585 g/mol. The molecule has 0 spiro atoms. The van der Waals surface area contributed by atoms with E-state index in [9.17, 15) is 18.3 Å². The van der Waals surface area contributed by atoms with Crippen molar-refractivity contribution in [1.82, 2.24) is 9.62 Å². The SMILES string of the molecule is CC(C)CN([C@H](CO)CCCCNC(=O)[C@@H]([AsH2])C(c1ccccc1)c1ccccc1)S(=O)(=O)c1ccc(N)cc1. The van der Waals surface area contributed by atoms with Gasteiger partial charge < -0.3 is 5.73 Å². The minimum atomic E-state index is -3.80. The van der Waals surface area contributed by atoms with E-state index in [1.165, 1.54) is 33.3 Å². The van der Waals surface area contributed by atoms with Crippen molar-refractivity contribution in [3.05, 3.63) is 96.1 Å². The standard InChI is InChI=1S/C31H42AsN3O4S/c1-23(2)21-35(40(38,39)28-18-16-26(33)17-19-28)27(22-36)15-9-10-20-34-31(37)30(32)29(24-11-5-3-6-12-24)25-13-7-4-8-14-25/h3-8,11-14,16-19,23,27,29-30,36H,9-10,15,20-22,32-33H2,1-2H3,(H,34,37)/t27-,30-/m0/s1. The molecule has 0 aliphatic carbocycles. The van der Waals surface area contributed by atoms with Gasteiger partial charge in [0.05, 0.1) is 0 Å². The van der Waals surface area contributed by atoms with Crippen LogP contribution in [0.25, 0.3) is 0 Å². The Morgan fingerprint density at radius 3 is 1.98 bits per heavy atom. The molecule has 0 radical (unpaired) electrons. The molecule has 1 amide bonds. The number of carbonyl (C=O) groups excluding carboxylic acids is 1. The number of nitrogens with two attached hydrogens (primary N) is 1. The van der Waals surface area contributed by atoms with Crippen LogP contribution in [0.1, 0.15) is 50.2 Å². The van der Waals surface area contributed by atoms with E-state index >= 15 is 0 Å². The number of nitrogens with zero attached hydrogens (tertiary/aromatic N) is 1. The topological polar surface area (TPSA) is 113 Å². The second-order valence-electron chi connectivity index (χ2n) is 10.5. The molecule has 0 bridgehead atoms. The van der Waals surface area contributed by atoms with Gasteiger partial charge in [0.15, 0.2) is 0 Å². The average molecular weight is 628 g/mol. The summed E-state index contributed by atoms with van der Waals surface area (Å²) in [6.07, 6.45) is 1.84. The third-order valence-corrected chi connectivity index (χ3v) is 10.3. The number of aliphatic hydroxyl groups is 1. The fraction of sp³-hybridized carbons (Fsp3) is 0.387. The van der Waals surface area contributed by atoms with E-state index in [1.807, 2.05) is 50.2 Å². The number of amides is 1. The fourth-order valence-corrected chi connectivity index (χ4v) is 7.81. The summed E-state index contributed by atoms with van der Waals surface area (Å²) in [7, 11) is -3.80. The fourth-order valence-electron chi connectivity index (χ4n) is 4.82. The predicted octanol–water partition coefficient (Wildman–Crippen LogP) is 3.82. The Morgan fingerprint density at radius 1 is 0.925 bits per heavy atom. The molecule has 7 nitrogen and oxygen atoms in total. The molecule has 0 saturated carbocycles. The van der Waals surface area contributed by atoms with E-state index in [1.54, 1.807) is 12.1 Å². The van der Waals surface area contributed by atoms with Gasteiger partial charge in [-0.05, 0) is 12.1 Å². The summed E-state index contributed by atoms with van der Waals surface area (Å²) in [6, 6.07) is 25.8. The van der Waals surface area contributed by atoms with Crippen molar-refractivity contribution in [1.29, 1.82) is 0 Å². The van der Waals surface area contributed by atoms with Crippen molar-refractivity contribution < 1.29 is 18.3 Å². The van der Waals surface area contributed by atoms with Gasteiger partial charge in [-0.2, -0.15) is 0 Å². The number of nitrogen functional groups attached to an aromatic ring is 1. The van der Waals surface area contributed by atoms with Gasteiger partial charge in [-0.3, -0.25) is 0 Å². The Balaban J connectivity index is 1.60. The molecule has 0 saturated heterocycles. The number of benzene rings is 3. The molecule has 0 fully saturated rings. The van der Waals surface area contributed by atoms with Gasteiger partial charge in [0.1, 0.15) is 0 Å². The minimum Gasteiger partial charge on any atom is -0.399 e. The van der Waals surface area contributed by atoms with E-state index < -0.39 is 16.1 Å². The Hall–Kier alpha value is -2.64. The van der Waals surface area contributed by atoms with Crippen LogP contribution in [0.4, 0.5) is 5.69 Å². The Kier molecular flexibility index (Phi) is 12.3. The Morgan fingerprint density at radius 2 is 1.48 bits per heavy atom. The van der Waals surface area contributed by atoms with Crippen LogP contribution in [0, 0.1) is 5.92 Å². The van der Waals surface area contributed by atoms with Crippen molar-refractivity contribution >= 4 is 38.5 Å². The van der Waals surface area contributed by atoms with Gasteiger partial charge in [-0.15, -0.1) is 0 Å². The quantitative estimate of drug-likeness (QED) is 0.135. The number of sulfonamides is 1. The summed E-state index contributed by atoms with van der Waals surface area (Å²) in [4.78, 5) is 13.4. The molecule has 3 aromatic rings. The van der Waals surface area contributed by atoms with Crippen LogP contribution < -0.4 is 11.1 Å². The van der Waals surface area contributed by atoms with Gasteiger partial charge in [0, 0.05) is 5.69 Å². The van der Waals surface area contributed by atoms with E-state index in [2.05, 4.69) is 29.6 Å². The molecule has 3 aromatic carbocycles. The summed E-state index contributed by atoms with van der Waals surface area (Å²) in [5, 5.41) is 13.3. The van der Waals surface area contributed by atoms with Crippen LogP contribution in [-0.2, 0) is 14.8 Å². The van der Waals surface area contributed by atoms with Crippen LogP contribution in [0.2, 0.25) is 4.71 Å². The van der Waals surface area contributed by atoms with E-state index in [4.69, 9.17) is 5.73 Å². The molecule has 3 rings (SSSR count). The molecule has 9 heteroatoms. The number of aliphatic hydroxyl groups excluding tert-OH is 1. The van der Waals surface area contributed by atoms with Crippen LogP contribution >= 0.6 is 0 Å². The zero-order chi connectivity index (χ0) is 29.1. The van der Waals surface area contributed by atoms with E-state index in [0.29, 0.717) is 38.0 Å². The molecule has 1 unspecified atom stereocenters. The summed E-state index contributed by atoms with van der Waals surface area (Å²) >= 11 is 1.39. The van der Waals surface area contributed by atoms with Gasteiger partial charge in [-0.25, -0.2) is 0 Å². The smallest absolute Gasteiger partial charge is 0.399 e. The van der Waals surface area contributed by atoms with Crippen molar-refractivity contribution in [2.75, 3.05) is 25.4 Å². The Labute approximate surface area is 247 Å². The second kappa shape index (κ2) is 15.4. The molecule has 0 aliphatic heterocycles. The van der Waals surface area contributed by atoms with Crippen molar-refractivity contribution in [3.8, 4) is 0 Å². The number of rotatable bonds is 15. The van der Waals surface area contributed by atoms with Gasteiger partial charge in [0.2, 0.25) is 0 Å². The van der Waals surface area contributed by atoms with E-state index in [-0.39, 0.29) is 34.0 Å². The van der Waals surface area contributed by atoms with Crippen molar-refractivity contribution in [2.24, 2.45) is 5.92 Å². The number of hydrogen-bond acceptors (Lipinski definition) is 5. The molecule has 3 atom stereocenters. The first-order valence-corrected chi connectivity index (χ1v) is 16.6. The van der Waals surface area contributed by atoms with Crippen LogP contribution in [0.5, 0.6) is 0 Å². The summed E-state index contributed by atoms with van der Waals surface area (Å²) in [6.45, 7) is 4.42. The molecule has 216 valence electrons. The third kappa shape index (κ3) is 8.68. The number of unbranched alkanes of at least 4 members (excludes halogenated alkanes) is 1. The first-order valence-electron chi connectivity index (χ1n) is 13.8. The zero-order valence-corrected chi connectivity index (χ0v) is 26.6. The monoisotopic (exact) mass is 627 g/mol. The Bertz CT molecular complexity index is 1250. The van der Waals surface area contributed by atoms with Crippen LogP contribution in [0.3, 0.4) is 0 Å². The summed E-state index contributed by atoms with van der Waals surface area (Å²) in [5.41, 5.74) is 8.45. The third-order valence-electron chi connectivity index (χ3n) is 6.89. The van der Waals surface area contributed by atoms with Crippen molar-refractivity contribution in [2.45, 2.75) is 54.7 Å². The number of hydrogen-bond donors (Lipinski definition) is 3. The first kappa shape index (κ1) is 31.9. The van der Waals surface area contributed by atoms with Crippen LogP contribution in [-0.4, -0.2) is 66.3 Å². The van der Waals surface area contributed by atoms with Gasteiger partial charge >= 0.3 is 225 Å². The minimum absolute atomic E-state index is 0.00350. The number of anilines is 1. The number of carbonyl (C=O) groups is 1. The van der Waals surface area contributed by atoms with Gasteiger partial charge in [0.25, 0.3) is 0 Å². The first-order chi connectivity index (χ1) is 19.1. The normalized spacial score (nSPS) is 13.5. The predicted molar refractivity (Wildman–Crippen MR) is 164 cm³/mol. The molecule has 4 N–H and O–H groups in total. The molecule has 0 heterocycles. The number of nitrogens with one attached hydrogen (secondary N) is 1. The van der Waals surface area contributed by atoms with E-state index in [0.717, 1.165) is 11.1 Å². The maximum atomic E-state index is 13.4.